The zero-order valence-corrected chi connectivity index (χ0v) is 16.7. The lowest BCUT2D eigenvalue weighted by molar-refractivity contribution is 0.0745. The maximum atomic E-state index is 12.8. The molecule has 0 unspecified atom stereocenters. The van der Waals surface area contributed by atoms with Gasteiger partial charge in [-0.15, -0.1) is 5.10 Å². The number of para-hydroxylation sites is 1. The molecular weight excluding hydrogens is 420 g/mol. The van der Waals surface area contributed by atoms with Crippen LogP contribution < -0.4 is 10.5 Å². The van der Waals surface area contributed by atoms with Crippen molar-refractivity contribution in [1.82, 2.24) is 14.7 Å². The SMILES string of the molecule is O=C(c1ccccc1Br)N1CCN(c2ccc(=O)n(-c3ccccc3)n2)CC1. The van der Waals surface area contributed by atoms with Gasteiger partial charge in [0.2, 0.25) is 0 Å². The molecule has 0 saturated carbocycles. The first-order valence-corrected chi connectivity index (χ1v) is 9.87. The van der Waals surface area contributed by atoms with Gasteiger partial charge in [0.05, 0.1) is 11.3 Å². The highest BCUT2D eigenvalue weighted by atomic mass is 79.9. The van der Waals surface area contributed by atoms with E-state index in [1.807, 2.05) is 59.5 Å². The minimum absolute atomic E-state index is 0.0225. The Morgan fingerprint density at radius 3 is 2.25 bits per heavy atom. The average molecular weight is 439 g/mol. The van der Waals surface area contributed by atoms with Crippen LogP contribution in [-0.2, 0) is 0 Å². The van der Waals surface area contributed by atoms with Gasteiger partial charge in [-0.2, -0.15) is 4.68 Å². The molecule has 1 aromatic heterocycles. The zero-order chi connectivity index (χ0) is 19.5. The quantitative estimate of drug-likeness (QED) is 0.630. The fourth-order valence-corrected chi connectivity index (χ4v) is 3.72. The van der Waals surface area contributed by atoms with Crippen LogP contribution in [0.2, 0.25) is 0 Å². The second-order valence-electron chi connectivity index (χ2n) is 6.54. The lowest BCUT2D eigenvalue weighted by Gasteiger charge is -2.35. The van der Waals surface area contributed by atoms with Crippen LogP contribution in [0, 0.1) is 0 Å². The molecule has 28 heavy (non-hydrogen) atoms. The van der Waals surface area contributed by atoms with Gasteiger partial charge in [0.15, 0.2) is 0 Å². The van der Waals surface area contributed by atoms with Crippen molar-refractivity contribution in [3.8, 4) is 5.69 Å². The number of hydrogen-bond acceptors (Lipinski definition) is 4. The van der Waals surface area contributed by atoms with E-state index in [-0.39, 0.29) is 11.5 Å². The van der Waals surface area contributed by atoms with Gasteiger partial charge in [0, 0.05) is 36.7 Å². The van der Waals surface area contributed by atoms with Gasteiger partial charge in [0.1, 0.15) is 5.82 Å². The van der Waals surface area contributed by atoms with E-state index in [0.29, 0.717) is 31.7 Å². The van der Waals surface area contributed by atoms with Gasteiger partial charge >= 0.3 is 0 Å². The maximum Gasteiger partial charge on any atom is 0.271 e. The third-order valence-corrected chi connectivity index (χ3v) is 5.47. The van der Waals surface area contributed by atoms with Crippen molar-refractivity contribution in [2.75, 3.05) is 31.1 Å². The van der Waals surface area contributed by atoms with Crippen LogP contribution in [0.15, 0.2) is 76.0 Å². The third-order valence-electron chi connectivity index (χ3n) is 4.78. The van der Waals surface area contributed by atoms with Gasteiger partial charge < -0.3 is 9.80 Å². The predicted molar refractivity (Wildman–Crippen MR) is 112 cm³/mol. The summed E-state index contributed by atoms with van der Waals surface area (Å²) in [6, 6.07) is 20.1. The summed E-state index contributed by atoms with van der Waals surface area (Å²) in [6.45, 7) is 2.53. The molecule has 0 atom stereocenters. The normalized spacial score (nSPS) is 14.2. The fraction of sp³-hybridized carbons (Fsp3) is 0.190. The summed E-state index contributed by atoms with van der Waals surface area (Å²) in [6.07, 6.45) is 0. The first-order valence-electron chi connectivity index (χ1n) is 9.08. The van der Waals surface area contributed by atoms with Crippen molar-refractivity contribution in [2.24, 2.45) is 0 Å². The standard InChI is InChI=1S/C21H19BrN4O2/c22-18-9-5-4-8-17(18)21(28)25-14-12-24(13-15-25)19-10-11-20(27)26(23-19)16-6-2-1-3-7-16/h1-11H,12-15H2. The van der Waals surface area contributed by atoms with Crippen LogP contribution in [0.3, 0.4) is 0 Å². The molecule has 1 amide bonds. The molecule has 0 N–H and O–H groups in total. The van der Waals surface area contributed by atoms with Gasteiger partial charge in [-0.25, -0.2) is 0 Å². The minimum Gasteiger partial charge on any atom is -0.352 e. The van der Waals surface area contributed by atoms with E-state index in [9.17, 15) is 9.59 Å². The number of aromatic nitrogens is 2. The van der Waals surface area contributed by atoms with E-state index in [0.717, 1.165) is 16.0 Å². The number of nitrogens with zero attached hydrogens (tertiary/aromatic N) is 4. The summed E-state index contributed by atoms with van der Waals surface area (Å²) in [7, 11) is 0. The number of rotatable bonds is 3. The molecule has 0 radical (unpaired) electrons. The molecule has 6 nitrogen and oxygen atoms in total. The molecule has 0 spiro atoms. The zero-order valence-electron chi connectivity index (χ0n) is 15.2. The van der Waals surface area contributed by atoms with Crippen LogP contribution in [0.4, 0.5) is 5.82 Å². The highest BCUT2D eigenvalue weighted by Gasteiger charge is 2.24. The number of carbonyl (C=O) groups excluding carboxylic acids is 1. The molecule has 2 aromatic carbocycles. The molecule has 0 bridgehead atoms. The van der Waals surface area contributed by atoms with Crippen molar-refractivity contribution in [1.29, 1.82) is 0 Å². The number of halogens is 1. The molecule has 1 aliphatic rings. The monoisotopic (exact) mass is 438 g/mol. The molecule has 2 heterocycles. The Hall–Kier alpha value is -2.93. The second kappa shape index (κ2) is 7.98. The van der Waals surface area contributed by atoms with Crippen molar-refractivity contribution in [2.45, 2.75) is 0 Å². The van der Waals surface area contributed by atoms with Crippen LogP contribution in [0.5, 0.6) is 0 Å². The Labute approximate surface area is 171 Å². The smallest absolute Gasteiger partial charge is 0.271 e. The summed E-state index contributed by atoms with van der Waals surface area (Å²) >= 11 is 3.45. The Morgan fingerprint density at radius 2 is 1.54 bits per heavy atom. The van der Waals surface area contributed by atoms with Crippen LogP contribution in [0.1, 0.15) is 10.4 Å². The molecule has 1 fully saturated rings. The summed E-state index contributed by atoms with van der Waals surface area (Å²) in [5, 5.41) is 4.53. The summed E-state index contributed by atoms with van der Waals surface area (Å²) in [5.74, 6) is 0.755. The molecule has 1 aliphatic heterocycles. The Kier molecular flexibility index (Phi) is 5.25. The molecule has 0 aliphatic carbocycles. The number of hydrogen-bond donors (Lipinski definition) is 0. The Bertz CT molecular complexity index is 1040. The van der Waals surface area contributed by atoms with E-state index in [1.165, 1.54) is 10.7 Å². The summed E-state index contributed by atoms with van der Waals surface area (Å²) in [4.78, 5) is 28.9. The van der Waals surface area contributed by atoms with E-state index < -0.39 is 0 Å². The minimum atomic E-state index is -0.169. The largest absolute Gasteiger partial charge is 0.352 e. The number of anilines is 1. The van der Waals surface area contributed by atoms with Gasteiger partial charge in [-0.3, -0.25) is 9.59 Å². The highest BCUT2D eigenvalue weighted by Crippen LogP contribution is 2.20. The van der Waals surface area contributed by atoms with E-state index in [2.05, 4.69) is 25.9 Å². The summed E-state index contributed by atoms with van der Waals surface area (Å²) in [5.41, 5.74) is 1.24. The van der Waals surface area contributed by atoms with Crippen LogP contribution >= 0.6 is 15.9 Å². The van der Waals surface area contributed by atoms with E-state index >= 15 is 0 Å². The highest BCUT2D eigenvalue weighted by molar-refractivity contribution is 9.10. The Balaban J connectivity index is 1.49. The van der Waals surface area contributed by atoms with Gasteiger partial charge in [0.25, 0.3) is 11.5 Å². The number of benzene rings is 2. The Morgan fingerprint density at radius 1 is 0.857 bits per heavy atom. The van der Waals surface area contributed by atoms with Gasteiger partial charge in [-0.05, 0) is 46.3 Å². The maximum absolute atomic E-state index is 12.8. The lowest BCUT2D eigenvalue weighted by atomic mass is 10.2. The van der Waals surface area contributed by atoms with E-state index in [4.69, 9.17) is 0 Å². The van der Waals surface area contributed by atoms with Gasteiger partial charge in [-0.1, -0.05) is 30.3 Å². The van der Waals surface area contributed by atoms with E-state index in [1.54, 1.807) is 6.07 Å². The van der Waals surface area contributed by atoms with Crippen molar-refractivity contribution in [3.05, 3.63) is 87.1 Å². The van der Waals surface area contributed by atoms with Crippen molar-refractivity contribution < 1.29 is 4.79 Å². The van der Waals surface area contributed by atoms with Crippen LogP contribution in [0.25, 0.3) is 5.69 Å². The second-order valence-corrected chi connectivity index (χ2v) is 7.39. The summed E-state index contributed by atoms with van der Waals surface area (Å²) < 4.78 is 2.22. The number of amides is 1. The third kappa shape index (κ3) is 3.71. The molecule has 1 saturated heterocycles. The first-order chi connectivity index (χ1) is 13.6. The predicted octanol–water partition coefficient (Wildman–Crippen LogP) is 2.96. The average Bonchev–Trinajstić information content (AvgIpc) is 2.75. The first kappa shape index (κ1) is 18.4. The molecule has 4 rings (SSSR count). The van der Waals surface area contributed by atoms with Crippen molar-refractivity contribution >= 4 is 27.7 Å². The topological polar surface area (TPSA) is 58.4 Å². The number of piperazine rings is 1. The molecule has 7 heteroatoms. The molecule has 3 aromatic rings. The molecule has 142 valence electrons. The fourth-order valence-electron chi connectivity index (χ4n) is 3.27. The lowest BCUT2D eigenvalue weighted by Crippen LogP contribution is -2.49. The molecular formula is C21H19BrN4O2. The van der Waals surface area contributed by atoms with Crippen molar-refractivity contribution in [3.63, 3.8) is 0 Å². The number of carbonyl (C=O) groups is 1. The van der Waals surface area contributed by atoms with Crippen LogP contribution in [-0.4, -0.2) is 46.8 Å².